The number of carbonyl (C=O) groups is 1. The third-order valence-corrected chi connectivity index (χ3v) is 4.95. The van der Waals surface area contributed by atoms with Crippen LogP contribution in [0.15, 0.2) is 41.6 Å². The maximum absolute atomic E-state index is 12.5. The van der Waals surface area contributed by atoms with E-state index in [9.17, 15) is 14.9 Å². The lowest BCUT2D eigenvalue weighted by Crippen LogP contribution is -2.22. The number of halogens is 1. The molecule has 0 aliphatic carbocycles. The number of anilines is 1. The maximum atomic E-state index is 12.5. The van der Waals surface area contributed by atoms with Crippen molar-refractivity contribution in [1.82, 2.24) is 9.97 Å². The highest BCUT2D eigenvalue weighted by molar-refractivity contribution is 8.00. The van der Waals surface area contributed by atoms with Gasteiger partial charge in [-0.05, 0) is 31.2 Å². The van der Waals surface area contributed by atoms with Crippen LogP contribution in [-0.4, -0.2) is 33.2 Å². The minimum absolute atomic E-state index is 0.138. The molecule has 1 unspecified atom stereocenters. The predicted molar refractivity (Wildman–Crippen MR) is 105 cm³/mol. The van der Waals surface area contributed by atoms with Gasteiger partial charge in [0.05, 0.1) is 34.0 Å². The largest absolute Gasteiger partial charge is 0.495 e. The van der Waals surface area contributed by atoms with E-state index >= 15 is 0 Å². The molecule has 2 N–H and O–H groups in total. The first-order chi connectivity index (χ1) is 12.9. The molecular weight excluding hydrogens is 392 g/mol. The van der Waals surface area contributed by atoms with Gasteiger partial charge in [-0.2, -0.15) is 0 Å². The van der Waals surface area contributed by atoms with Crippen LogP contribution in [-0.2, 0) is 4.79 Å². The number of non-ortho nitro benzene ring substituents is 1. The van der Waals surface area contributed by atoms with E-state index in [0.29, 0.717) is 15.9 Å². The Balaban J connectivity index is 1.75. The number of benzene rings is 2. The lowest BCUT2D eigenvalue weighted by atomic mass is 10.2. The van der Waals surface area contributed by atoms with Gasteiger partial charge in [-0.1, -0.05) is 23.4 Å². The zero-order valence-electron chi connectivity index (χ0n) is 14.4. The van der Waals surface area contributed by atoms with Crippen molar-refractivity contribution in [2.45, 2.75) is 17.3 Å². The van der Waals surface area contributed by atoms with Gasteiger partial charge in [0.15, 0.2) is 5.16 Å². The van der Waals surface area contributed by atoms with Crippen LogP contribution in [0.5, 0.6) is 5.75 Å². The third kappa shape index (κ3) is 4.32. The van der Waals surface area contributed by atoms with Gasteiger partial charge in [0, 0.05) is 17.2 Å². The molecule has 3 rings (SSSR count). The molecule has 0 radical (unpaired) electrons. The summed E-state index contributed by atoms with van der Waals surface area (Å²) in [6.45, 7) is 1.71. The van der Waals surface area contributed by atoms with E-state index in [-0.39, 0.29) is 17.3 Å². The van der Waals surface area contributed by atoms with Crippen LogP contribution in [0, 0.1) is 10.1 Å². The van der Waals surface area contributed by atoms with E-state index in [1.54, 1.807) is 25.1 Å². The number of hydrogen-bond donors (Lipinski definition) is 2. The van der Waals surface area contributed by atoms with E-state index in [4.69, 9.17) is 16.3 Å². The summed E-state index contributed by atoms with van der Waals surface area (Å²) in [6.07, 6.45) is 0. The zero-order chi connectivity index (χ0) is 19.6. The number of nitro benzene ring substituents is 1. The Bertz CT molecular complexity index is 1020. The van der Waals surface area contributed by atoms with Crippen LogP contribution < -0.4 is 10.1 Å². The van der Waals surface area contributed by atoms with Crippen LogP contribution in [0.4, 0.5) is 11.4 Å². The normalized spacial score (nSPS) is 12.0. The van der Waals surface area contributed by atoms with E-state index in [1.807, 2.05) is 0 Å². The second kappa shape index (κ2) is 7.85. The molecule has 3 aromatic rings. The number of amides is 1. The minimum Gasteiger partial charge on any atom is -0.495 e. The number of nitrogens with one attached hydrogen (secondary N) is 2. The second-order valence-corrected chi connectivity index (χ2v) is 7.36. The topological polar surface area (TPSA) is 110 Å². The molecule has 0 aliphatic heterocycles. The van der Waals surface area contributed by atoms with Gasteiger partial charge in [-0.3, -0.25) is 14.9 Å². The maximum Gasteiger partial charge on any atom is 0.271 e. The first-order valence-corrected chi connectivity index (χ1v) is 9.08. The number of carbonyl (C=O) groups excluding carboxylic acids is 1. The summed E-state index contributed by atoms with van der Waals surface area (Å²) in [5, 5.41) is 14.3. The summed E-state index contributed by atoms with van der Waals surface area (Å²) in [5.74, 6) is 0.00168. The first-order valence-electron chi connectivity index (χ1n) is 7.82. The molecule has 8 nitrogen and oxygen atoms in total. The Hall–Kier alpha value is -2.78. The third-order valence-electron chi connectivity index (χ3n) is 3.73. The van der Waals surface area contributed by atoms with Crippen molar-refractivity contribution in [2.75, 3.05) is 12.4 Å². The number of ether oxygens (including phenoxy) is 1. The molecule has 0 bridgehead atoms. The number of aromatic nitrogens is 2. The molecule has 0 fully saturated rings. The van der Waals surface area contributed by atoms with Crippen LogP contribution in [0.3, 0.4) is 0 Å². The minimum atomic E-state index is -0.535. The summed E-state index contributed by atoms with van der Waals surface area (Å²) in [5.41, 5.74) is 1.62. The van der Waals surface area contributed by atoms with Crippen LogP contribution in [0.25, 0.3) is 11.0 Å². The molecule has 140 valence electrons. The average molecular weight is 407 g/mol. The molecule has 1 aromatic heterocycles. The molecule has 27 heavy (non-hydrogen) atoms. The predicted octanol–water partition coefficient (Wildman–Crippen LogP) is 4.25. The Kier molecular flexibility index (Phi) is 5.52. The Morgan fingerprint density at radius 2 is 2.15 bits per heavy atom. The van der Waals surface area contributed by atoms with Gasteiger partial charge in [0.2, 0.25) is 5.91 Å². The number of nitrogens with zero attached hydrogens (tertiary/aromatic N) is 2. The van der Waals surface area contributed by atoms with Crippen molar-refractivity contribution in [1.29, 1.82) is 0 Å². The number of imidazole rings is 1. The van der Waals surface area contributed by atoms with E-state index in [1.165, 1.54) is 37.1 Å². The number of fused-ring (bicyclic) bond motifs is 1. The van der Waals surface area contributed by atoms with Gasteiger partial charge >= 0.3 is 0 Å². The summed E-state index contributed by atoms with van der Waals surface area (Å²) >= 11 is 7.19. The Labute approximate surface area is 163 Å². The highest BCUT2D eigenvalue weighted by Crippen LogP contribution is 2.30. The molecule has 0 spiro atoms. The molecule has 1 amide bonds. The Morgan fingerprint density at radius 1 is 1.37 bits per heavy atom. The van der Waals surface area contributed by atoms with Gasteiger partial charge in [0.25, 0.3) is 5.69 Å². The highest BCUT2D eigenvalue weighted by atomic mass is 35.5. The number of nitro groups is 1. The molecule has 0 saturated carbocycles. The van der Waals surface area contributed by atoms with Crippen molar-refractivity contribution in [2.24, 2.45) is 0 Å². The monoisotopic (exact) mass is 406 g/mol. The van der Waals surface area contributed by atoms with Crippen molar-refractivity contribution in [3.63, 3.8) is 0 Å². The fourth-order valence-corrected chi connectivity index (χ4v) is 3.37. The fraction of sp³-hybridized carbons (Fsp3) is 0.176. The quantitative estimate of drug-likeness (QED) is 0.359. The van der Waals surface area contributed by atoms with Crippen molar-refractivity contribution >= 4 is 51.7 Å². The van der Waals surface area contributed by atoms with Crippen molar-refractivity contribution in [3.05, 3.63) is 51.5 Å². The Morgan fingerprint density at radius 3 is 2.85 bits per heavy atom. The lowest BCUT2D eigenvalue weighted by Gasteiger charge is -2.13. The SMILES string of the molecule is COc1ccc([N+](=O)[O-])cc1NC(=O)C(C)Sc1nc2ccc(Cl)cc2[nH]1. The van der Waals surface area contributed by atoms with Gasteiger partial charge in [-0.25, -0.2) is 4.98 Å². The summed E-state index contributed by atoms with van der Waals surface area (Å²) in [7, 11) is 1.43. The van der Waals surface area contributed by atoms with Gasteiger partial charge in [0.1, 0.15) is 5.75 Å². The standard InChI is InChI=1S/C17H15ClN4O4S/c1-9(27-17-20-12-5-3-10(18)7-13(12)21-17)16(23)19-14-8-11(22(24)25)4-6-15(14)26-2/h3-9H,1-2H3,(H,19,23)(H,20,21). The fourth-order valence-electron chi connectivity index (χ4n) is 2.38. The van der Waals surface area contributed by atoms with E-state index in [2.05, 4.69) is 15.3 Å². The van der Waals surface area contributed by atoms with Gasteiger partial charge < -0.3 is 15.0 Å². The first kappa shape index (κ1) is 19.0. The van der Waals surface area contributed by atoms with E-state index < -0.39 is 10.2 Å². The number of methoxy groups -OCH3 is 1. The molecule has 0 aliphatic rings. The zero-order valence-corrected chi connectivity index (χ0v) is 15.9. The number of rotatable bonds is 6. The highest BCUT2D eigenvalue weighted by Gasteiger charge is 2.20. The summed E-state index contributed by atoms with van der Waals surface area (Å²) in [6, 6.07) is 9.30. The molecular formula is C17H15ClN4O4S. The molecule has 1 atom stereocenters. The number of thioether (sulfide) groups is 1. The van der Waals surface area contributed by atoms with Crippen LogP contribution in [0.2, 0.25) is 5.02 Å². The number of aromatic amines is 1. The summed E-state index contributed by atoms with van der Waals surface area (Å²) in [4.78, 5) is 30.4. The smallest absolute Gasteiger partial charge is 0.271 e. The van der Waals surface area contributed by atoms with Crippen LogP contribution in [0.1, 0.15) is 6.92 Å². The second-order valence-electron chi connectivity index (χ2n) is 5.59. The molecule has 1 heterocycles. The van der Waals surface area contributed by atoms with Crippen molar-refractivity contribution < 1.29 is 14.5 Å². The number of hydrogen-bond acceptors (Lipinski definition) is 6. The molecule has 10 heteroatoms. The number of H-pyrrole nitrogens is 1. The van der Waals surface area contributed by atoms with Crippen molar-refractivity contribution in [3.8, 4) is 5.75 Å². The molecule has 2 aromatic carbocycles. The molecule has 0 saturated heterocycles. The lowest BCUT2D eigenvalue weighted by molar-refractivity contribution is -0.384. The average Bonchev–Trinajstić information content (AvgIpc) is 3.02. The summed E-state index contributed by atoms with van der Waals surface area (Å²) < 4.78 is 5.15. The van der Waals surface area contributed by atoms with Crippen LogP contribution >= 0.6 is 23.4 Å². The van der Waals surface area contributed by atoms with Gasteiger partial charge in [-0.15, -0.1) is 0 Å². The van der Waals surface area contributed by atoms with E-state index in [0.717, 1.165) is 11.0 Å².